The van der Waals surface area contributed by atoms with Crippen LogP contribution in [0.5, 0.6) is 0 Å². The van der Waals surface area contributed by atoms with E-state index >= 15 is 0 Å². The lowest BCUT2D eigenvalue weighted by Crippen LogP contribution is -2.10. The molecule has 9 aromatic carbocycles. The highest BCUT2D eigenvalue weighted by Crippen LogP contribution is 2.46. The highest BCUT2D eigenvalue weighted by Gasteiger charge is 2.22. The maximum atomic E-state index is 6.79. The van der Waals surface area contributed by atoms with Crippen molar-refractivity contribution >= 4 is 49.8 Å². The zero-order valence-electron chi connectivity index (χ0n) is 29.6. The average molecular weight is 690 g/mol. The van der Waals surface area contributed by atoms with Gasteiger partial charge in [-0.05, 0) is 92.4 Å². The first-order valence-corrected chi connectivity index (χ1v) is 18.4. The van der Waals surface area contributed by atoms with E-state index in [0.29, 0.717) is 0 Å². The third-order valence-corrected chi connectivity index (χ3v) is 10.5. The van der Waals surface area contributed by atoms with Crippen molar-refractivity contribution < 1.29 is 4.42 Å². The third kappa shape index (κ3) is 5.62. The molecule has 0 N–H and O–H groups in total. The first-order valence-electron chi connectivity index (χ1n) is 18.4. The number of fused-ring (bicyclic) bond motifs is 5. The molecule has 0 aliphatic rings. The topological polar surface area (TPSA) is 16.4 Å². The summed E-state index contributed by atoms with van der Waals surface area (Å²) in [7, 11) is 0. The minimum atomic E-state index is 0.860. The van der Waals surface area contributed by atoms with Crippen molar-refractivity contribution in [2.75, 3.05) is 4.90 Å². The molecular weight excluding hydrogens is 655 g/mol. The minimum Gasteiger partial charge on any atom is -0.455 e. The average Bonchev–Trinajstić information content (AvgIpc) is 3.65. The van der Waals surface area contributed by atoms with E-state index in [1.54, 1.807) is 0 Å². The van der Waals surface area contributed by atoms with E-state index in [-0.39, 0.29) is 0 Å². The Labute approximate surface area is 314 Å². The number of anilines is 3. The Bertz CT molecular complexity index is 2880. The lowest BCUT2D eigenvalue weighted by molar-refractivity contribution is 0.672. The van der Waals surface area contributed by atoms with E-state index in [0.717, 1.165) is 44.4 Å². The highest BCUT2D eigenvalue weighted by molar-refractivity contribution is 6.22. The second-order valence-electron chi connectivity index (χ2n) is 13.7. The molecule has 54 heavy (non-hydrogen) atoms. The quantitative estimate of drug-likeness (QED) is 0.166. The molecule has 2 heteroatoms. The summed E-state index contributed by atoms with van der Waals surface area (Å²) in [5.74, 6) is 0. The largest absolute Gasteiger partial charge is 0.455 e. The molecule has 0 atom stereocenters. The third-order valence-electron chi connectivity index (χ3n) is 10.5. The maximum absolute atomic E-state index is 6.79. The van der Waals surface area contributed by atoms with E-state index in [1.165, 1.54) is 49.9 Å². The van der Waals surface area contributed by atoms with Gasteiger partial charge in [-0.15, -0.1) is 0 Å². The zero-order chi connectivity index (χ0) is 35.8. The Morgan fingerprint density at radius 3 is 1.26 bits per heavy atom. The van der Waals surface area contributed by atoms with Gasteiger partial charge in [0.05, 0.1) is 11.1 Å². The van der Waals surface area contributed by atoms with Gasteiger partial charge >= 0.3 is 0 Å². The first kappa shape index (κ1) is 31.6. The number of rotatable bonds is 7. The summed E-state index contributed by atoms with van der Waals surface area (Å²) in [6, 6.07) is 75.7. The number of hydrogen-bond donors (Lipinski definition) is 0. The van der Waals surface area contributed by atoms with Crippen molar-refractivity contribution in [2.45, 2.75) is 0 Å². The van der Waals surface area contributed by atoms with E-state index in [4.69, 9.17) is 4.42 Å². The van der Waals surface area contributed by atoms with Gasteiger partial charge in [0.2, 0.25) is 0 Å². The molecular formula is C52H35NO. The van der Waals surface area contributed by atoms with Crippen LogP contribution in [0.3, 0.4) is 0 Å². The summed E-state index contributed by atoms with van der Waals surface area (Å²) in [4.78, 5) is 2.37. The Hall–Kier alpha value is -7.16. The highest BCUT2D eigenvalue weighted by atomic mass is 16.3. The van der Waals surface area contributed by atoms with E-state index in [2.05, 4.69) is 217 Å². The Balaban J connectivity index is 1.14. The molecule has 0 spiro atoms. The molecule has 0 amide bonds. The van der Waals surface area contributed by atoms with Crippen LogP contribution in [-0.2, 0) is 0 Å². The normalized spacial score (nSPS) is 11.3. The van der Waals surface area contributed by atoms with Crippen molar-refractivity contribution in [3.05, 3.63) is 212 Å². The summed E-state index contributed by atoms with van der Waals surface area (Å²) in [5, 5.41) is 4.47. The van der Waals surface area contributed by atoms with Crippen molar-refractivity contribution in [3.63, 3.8) is 0 Å². The molecule has 0 aliphatic carbocycles. The molecule has 0 saturated heterocycles. The molecule has 0 unspecified atom stereocenters. The minimum absolute atomic E-state index is 0.860. The smallest absolute Gasteiger partial charge is 0.143 e. The molecule has 0 bridgehead atoms. The fourth-order valence-corrected chi connectivity index (χ4v) is 7.82. The van der Waals surface area contributed by atoms with Crippen LogP contribution >= 0.6 is 0 Å². The van der Waals surface area contributed by atoms with Gasteiger partial charge in [-0.1, -0.05) is 170 Å². The van der Waals surface area contributed by atoms with Crippen LogP contribution < -0.4 is 4.90 Å². The van der Waals surface area contributed by atoms with Crippen molar-refractivity contribution in [1.29, 1.82) is 0 Å². The van der Waals surface area contributed by atoms with Crippen LogP contribution in [0.25, 0.3) is 77.2 Å². The summed E-state index contributed by atoms with van der Waals surface area (Å²) < 4.78 is 6.79. The number of benzene rings is 9. The van der Waals surface area contributed by atoms with Gasteiger partial charge < -0.3 is 9.32 Å². The van der Waals surface area contributed by atoms with Crippen LogP contribution in [0.15, 0.2) is 217 Å². The second kappa shape index (κ2) is 13.4. The number of nitrogens with zero attached hydrogens (tertiary/aromatic N) is 1. The van der Waals surface area contributed by atoms with Crippen LogP contribution in [0.1, 0.15) is 0 Å². The molecule has 254 valence electrons. The molecule has 0 radical (unpaired) electrons. The predicted molar refractivity (Wildman–Crippen MR) is 228 cm³/mol. The summed E-state index contributed by atoms with van der Waals surface area (Å²) in [6.07, 6.45) is 0. The molecule has 2 nitrogen and oxygen atoms in total. The van der Waals surface area contributed by atoms with Gasteiger partial charge in [0, 0.05) is 22.1 Å². The first-order chi connectivity index (χ1) is 26.8. The van der Waals surface area contributed by atoms with Crippen LogP contribution in [0, 0.1) is 0 Å². The summed E-state index contributed by atoms with van der Waals surface area (Å²) in [5.41, 5.74) is 14.5. The SMILES string of the molecule is c1ccc(-c2ccc(-c3ccc(N(c4ccc(-c5ccccc5)cc4)c4cccc5oc6c7ccccc7c(-c7ccccc7)cc6c45)cc3)cc2)cc1. The van der Waals surface area contributed by atoms with E-state index in [1.807, 2.05) is 0 Å². The molecule has 10 rings (SSSR count). The molecule has 0 fully saturated rings. The van der Waals surface area contributed by atoms with Gasteiger partial charge in [0.25, 0.3) is 0 Å². The van der Waals surface area contributed by atoms with Gasteiger partial charge in [-0.2, -0.15) is 0 Å². The fourth-order valence-electron chi connectivity index (χ4n) is 7.82. The second-order valence-corrected chi connectivity index (χ2v) is 13.7. The van der Waals surface area contributed by atoms with Gasteiger partial charge in [-0.3, -0.25) is 0 Å². The van der Waals surface area contributed by atoms with Crippen LogP contribution in [0.4, 0.5) is 17.1 Å². The predicted octanol–water partition coefficient (Wildman–Crippen LogP) is 14.9. The molecule has 0 aliphatic heterocycles. The van der Waals surface area contributed by atoms with Crippen LogP contribution in [0.2, 0.25) is 0 Å². The van der Waals surface area contributed by atoms with E-state index < -0.39 is 0 Å². The van der Waals surface area contributed by atoms with E-state index in [9.17, 15) is 0 Å². The summed E-state index contributed by atoms with van der Waals surface area (Å²) in [6.45, 7) is 0. The monoisotopic (exact) mass is 689 g/mol. The molecule has 1 aromatic heterocycles. The standard InChI is InChI=1S/C52H35NO/c1-4-13-36(14-5-1)38-23-25-39(26-24-38)41-29-33-44(34-30-41)53(43-31-27-40(28-32-43)37-15-6-2-7-16-37)49-21-12-22-50-51(49)48-35-47(42-17-8-3-9-18-42)45-19-10-11-20-46(45)52(48)54-50/h1-35H. The summed E-state index contributed by atoms with van der Waals surface area (Å²) >= 11 is 0. The fraction of sp³-hybridized carbons (Fsp3) is 0. The number of hydrogen-bond acceptors (Lipinski definition) is 2. The molecule has 0 saturated carbocycles. The van der Waals surface area contributed by atoms with Crippen molar-refractivity contribution in [3.8, 4) is 44.5 Å². The van der Waals surface area contributed by atoms with Crippen molar-refractivity contribution in [2.24, 2.45) is 0 Å². The van der Waals surface area contributed by atoms with Crippen LogP contribution in [-0.4, -0.2) is 0 Å². The van der Waals surface area contributed by atoms with Gasteiger partial charge in [-0.25, -0.2) is 0 Å². The van der Waals surface area contributed by atoms with Gasteiger partial charge in [0.15, 0.2) is 0 Å². The van der Waals surface area contributed by atoms with Gasteiger partial charge in [0.1, 0.15) is 11.2 Å². The Morgan fingerprint density at radius 2 is 0.741 bits per heavy atom. The Morgan fingerprint density at radius 1 is 0.315 bits per heavy atom. The Kier molecular flexibility index (Phi) is 7.85. The maximum Gasteiger partial charge on any atom is 0.143 e. The zero-order valence-corrected chi connectivity index (χ0v) is 29.6. The lowest BCUT2D eigenvalue weighted by Gasteiger charge is -2.26. The number of furan rings is 1. The molecule has 10 aromatic rings. The molecule has 1 heterocycles. The lowest BCUT2D eigenvalue weighted by atomic mass is 9.95. The van der Waals surface area contributed by atoms with Crippen molar-refractivity contribution in [1.82, 2.24) is 0 Å².